The highest BCUT2D eigenvalue weighted by Gasteiger charge is 2.32. The van der Waals surface area contributed by atoms with E-state index in [0.29, 0.717) is 29.8 Å². The molecule has 1 aromatic carbocycles. The summed E-state index contributed by atoms with van der Waals surface area (Å²) < 4.78 is 39.6. The van der Waals surface area contributed by atoms with E-state index in [2.05, 4.69) is 33.2 Å². The number of aromatic nitrogens is 4. The molecule has 0 spiro atoms. The molecule has 0 bridgehead atoms. The monoisotopic (exact) mass is 650 g/mol. The summed E-state index contributed by atoms with van der Waals surface area (Å²) in [4.78, 5) is 32.2. The lowest BCUT2D eigenvalue weighted by Gasteiger charge is -2.20. The van der Waals surface area contributed by atoms with Gasteiger partial charge in [-0.1, -0.05) is 12.1 Å². The van der Waals surface area contributed by atoms with Crippen LogP contribution < -0.4 is 21.3 Å². The summed E-state index contributed by atoms with van der Waals surface area (Å²) >= 11 is 1.63. The molecule has 7 rings (SSSR count). The van der Waals surface area contributed by atoms with Gasteiger partial charge in [0.2, 0.25) is 5.95 Å². The molecular weight excluding hydrogens is 613 g/mol. The molecular formula is C33H37F3N8OS. The third-order valence-electron chi connectivity index (χ3n) is 9.13. The van der Waals surface area contributed by atoms with E-state index in [1.807, 2.05) is 19.2 Å². The number of pyridine rings is 1. The molecule has 13 heteroatoms. The Morgan fingerprint density at radius 3 is 2.48 bits per heavy atom. The molecule has 3 aliphatic carbocycles. The zero-order chi connectivity index (χ0) is 32.0. The molecule has 242 valence electrons. The van der Waals surface area contributed by atoms with E-state index in [-0.39, 0.29) is 30.7 Å². The predicted molar refractivity (Wildman–Crippen MR) is 173 cm³/mol. The molecule has 4 N–H and O–H groups in total. The van der Waals surface area contributed by atoms with Crippen LogP contribution in [0.3, 0.4) is 0 Å². The van der Waals surface area contributed by atoms with Crippen LogP contribution in [0.1, 0.15) is 80.3 Å². The van der Waals surface area contributed by atoms with Gasteiger partial charge in [-0.2, -0.15) is 18.2 Å². The second kappa shape index (κ2) is 12.3. The van der Waals surface area contributed by atoms with Crippen molar-refractivity contribution >= 4 is 39.4 Å². The predicted octanol–water partition coefficient (Wildman–Crippen LogP) is 7.40. The maximum atomic E-state index is 12.8. The van der Waals surface area contributed by atoms with Crippen LogP contribution in [0.15, 0.2) is 36.5 Å². The number of alkyl halides is 3. The molecule has 0 saturated heterocycles. The number of anilines is 2. The molecule has 3 heterocycles. The molecule has 3 fully saturated rings. The Kier molecular flexibility index (Phi) is 8.20. The van der Waals surface area contributed by atoms with Crippen LogP contribution >= 0.6 is 11.3 Å². The molecule has 0 aliphatic heterocycles. The number of fused-ring (bicyclic) bond motifs is 1. The Balaban J connectivity index is 1.05. The second-order valence-electron chi connectivity index (χ2n) is 12.8. The Hall–Kier alpha value is -4.00. The first kappa shape index (κ1) is 30.6. The largest absolute Gasteiger partial charge is 0.416 e. The van der Waals surface area contributed by atoms with Gasteiger partial charge in [0.15, 0.2) is 0 Å². The van der Waals surface area contributed by atoms with Gasteiger partial charge in [-0.25, -0.2) is 14.8 Å². The smallest absolute Gasteiger partial charge is 0.366 e. The summed E-state index contributed by atoms with van der Waals surface area (Å²) in [5.41, 5.74) is 3.65. The van der Waals surface area contributed by atoms with Crippen molar-refractivity contribution in [2.24, 2.45) is 5.92 Å². The average Bonchev–Trinajstić information content (AvgIpc) is 3.95. The minimum atomic E-state index is -4.39. The van der Waals surface area contributed by atoms with Crippen molar-refractivity contribution in [1.82, 2.24) is 30.6 Å². The van der Waals surface area contributed by atoms with Crippen molar-refractivity contribution in [3.63, 3.8) is 0 Å². The molecule has 0 radical (unpaired) electrons. The van der Waals surface area contributed by atoms with Crippen LogP contribution in [0.4, 0.5) is 29.7 Å². The number of nitrogens with zero attached hydrogens (tertiary/aromatic N) is 4. The van der Waals surface area contributed by atoms with Gasteiger partial charge in [0.25, 0.3) is 0 Å². The maximum absolute atomic E-state index is 12.8. The maximum Gasteiger partial charge on any atom is 0.416 e. The fourth-order valence-electron chi connectivity index (χ4n) is 6.22. The summed E-state index contributed by atoms with van der Waals surface area (Å²) in [6.07, 6.45) is 4.54. The Labute approximate surface area is 269 Å². The van der Waals surface area contributed by atoms with Gasteiger partial charge < -0.3 is 21.3 Å². The number of thiazole rings is 1. The minimum Gasteiger partial charge on any atom is -0.366 e. The fourth-order valence-corrected chi connectivity index (χ4v) is 7.29. The Morgan fingerprint density at radius 2 is 1.76 bits per heavy atom. The van der Waals surface area contributed by atoms with E-state index < -0.39 is 11.7 Å². The summed E-state index contributed by atoms with van der Waals surface area (Å²) in [5, 5.41) is 13.8. The zero-order valence-corrected chi connectivity index (χ0v) is 26.6. The lowest BCUT2D eigenvalue weighted by Crippen LogP contribution is -2.41. The van der Waals surface area contributed by atoms with Crippen molar-refractivity contribution < 1.29 is 18.0 Å². The number of nitrogens with one attached hydrogen (secondary N) is 4. The molecule has 3 aliphatic rings. The highest BCUT2D eigenvalue weighted by molar-refractivity contribution is 7.21. The number of amides is 2. The van der Waals surface area contributed by atoms with Crippen LogP contribution in [0.25, 0.3) is 20.8 Å². The molecule has 46 heavy (non-hydrogen) atoms. The second-order valence-corrected chi connectivity index (χ2v) is 13.9. The van der Waals surface area contributed by atoms with Crippen LogP contribution in [-0.4, -0.2) is 44.1 Å². The van der Waals surface area contributed by atoms with Crippen LogP contribution in [0.5, 0.6) is 0 Å². The standard InChI is InChI=1S/C33H37F3N8OS/c1-17(20-5-6-20)39-31-40-18(2)26(30-43-28-25(46-30)13-14-37-27(28)21-7-8-21)29(44-31)41-23-11-12-24(15-23)42-32(45)38-16-19-3-9-22(10-4-19)33(34,35)36/h3-4,9-10,13-14,17,20-21,23-24H,5-8,11-12,15-16H2,1-2H3,(H2,38,42,45)(H2,39,40,41,44). The molecule has 3 atom stereocenters. The quantitative estimate of drug-likeness (QED) is 0.141. The van der Waals surface area contributed by atoms with Crippen molar-refractivity contribution in [3.05, 3.63) is 59.0 Å². The third kappa shape index (κ3) is 6.89. The minimum absolute atomic E-state index is 0.0569. The molecule has 9 nitrogen and oxygen atoms in total. The van der Waals surface area contributed by atoms with E-state index >= 15 is 0 Å². The van der Waals surface area contributed by atoms with E-state index in [4.69, 9.17) is 15.0 Å². The van der Waals surface area contributed by atoms with E-state index in [1.54, 1.807) is 11.3 Å². The van der Waals surface area contributed by atoms with Crippen LogP contribution in [-0.2, 0) is 12.7 Å². The Bertz CT molecular complexity index is 1740. The summed E-state index contributed by atoms with van der Waals surface area (Å²) in [7, 11) is 0. The van der Waals surface area contributed by atoms with Gasteiger partial charge in [0.1, 0.15) is 16.3 Å². The van der Waals surface area contributed by atoms with E-state index in [9.17, 15) is 18.0 Å². The average molecular weight is 651 g/mol. The number of rotatable bonds is 10. The first-order valence-corrected chi connectivity index (χ1v) is 16.8. The van der Waals surface area contributed by atoms with Crippen LogP contribution in [0, 0.1) is 12.8 Å². The Morgan fingerprint density at radius 1 is 1.00 bits per heavy atom. The number of hydrogen-bond donors (Lipinski definition) is 4. The first-order chi connectivity index (χ1) is 22.1. The summed E-state index contributed by atoms with van der Waals surface area (Å²) in [6, 6.07) is 6.78. The third-order valence-corrected chi connectivity index (χ3v) is 10.2. The highest BCUT2D eigenvalue weighted by atomic mass is 32.1. The number of urea groups is 1. The highest BCUT2D eigenvalue weighted by Crippen LogP contribution is 2.44. The SMILES string of the molecule is Cc1nc(NC(C)C2CC2)nc(NC2CCC(NC(=O)NCc3ccc(C(F)(F)F)cc3)C2)c1-c1nc2c(C3CC3)nccc2s1. The molecule has 3 saturated carbocycles. The lowest BCUT2D eigenvalue weighted by atomic mass is 10.1. The zero-order valence-electron chi connectivity index (χ0n) is 25.7. The van der Waals surface area contributed by atoms with Crippen molar-refractivity contribution in [2.45, 2.75) is 95.6 Å². The molecule has 2 amide bonds. The van der Waals surface area contributed by atoms with Gasteiger partial charge in [0, 0.05) is 36.8 Å². The number of carbonyl (C=O) groups excluding carboxylic acids is 1. The van der Waals surface area contributed by atoms with Crippen molar-refractivity contribution in [1.29, 1.82) is 0 Å². The fraction of sp³-hybridized carbons (Fsp3) is 0.485. The van der Waals surface area contributed by atoms with Crippen molar-refractivity contribution in [3.8, 4) is 10.6 Å². The molecule has 4 aromatic rings. The summed E-state index contributed by atoms with van der Waals surface area (Å²) in [5.74, 6) is 2.46. The topological polar surface area (TPSA) is 117 Å². The van der Waals surface area contributed by atoms with Gasteiger partial charge in [-0.3, -0.25) is 4.98 Å². The number of benzene rings is 1. The number of aryl methyl sites for hydroxylation is 1. The number of carbonyl (C=O) groups is 1. The first-order valence-electron chi connectivity index (χ1n) is 16.0. The van der Waals surface area contributed by atoms with E-state index in [0.717, 1.165) is 75.8 Å². The van der Waals surface area contributed by atoms with E-state index in [1.165, 1.54) is 25.0 Å². The van der Waals surface area contributed by atoms with Crippen LogP contribution in [0.2, 0.25) is 0 Å². The van der Waals surface area contributed by atoms with Gasteiger partial charge in [0.05, 0.1) is 27.2 Å². The summed E-state index contributed by atoms with van der Waals surface area (Å²) in [6.45, 7) is 4.31. The number of hydrogen-bond acceptors (Lipinski definition) is 8. The lowest BCUT2D eigenvalue weighted by molar-refractivity contribution is -0.137. The molecule has 3 unspecified atom stereocenters. The molecule has 3 aromatic heterocycles. The normalized spacial score (nSPS) is 20.5. The number of halogens is 3. The van der Waals surface area contributed by atoms with Gasteiger partial charge in [-0.15, -0.1) is 11.3 Å². The van der Waals surface area contributed by atoms with Gasteiger partial charge in [-0.05, 0) is 88.5 Å². The van der Waals surface area contributed by atoms with Crippen molar-refractivity contribution in [2.75, 3.05) is 10.6 Å². The van der Waals surface area contributed by atoms with Gasteiger partial charge >= 0.3 is 12.2 Å².